The Morgan fingerprint density at radius 1 is 0.815 bits per heavy atom. The molecule has 0 heterocycles. The molecule has 0 aromatic rings. The fraction of sp³-hybridized carbons (Fsp3) is 1.00. The van der Waals surface area contributed by atoms with Crippen molar-refractivity contribution in [2.24, 2.45) is 10.8 Å². The summed E-state index contributed by atoms with van der Waals surface area (Å²) in [5.41, 5.74) is -1.12. The molecule has 0 aromatic carbocycles. The molecular weight excluding hydrogens is 813 g/mol. The topological polar surface area (TPSA) is 44.8 Å². The van der Waals surface area contributed by atoms with E-state index in [1.807, 2.05) is 34.6 Å². The van der Waals surface area contributed by atoms with Crippen LogP contribution in [0.4, 0.5) is 0 Å². The fourth-order valence-corrected chi connectivity index (χ4v) is 8.69. The Hall–Kier alpha value is 3.57. The molecule has 0 aromatic heterocycles. The van der Waals surface area contributed by atoms with Gasteiger partial charge in [-0.25, -0.2) is 9.09 Å². The molecule has 0 bridgehead atoms. The van der Waals surface area contributed by atoms with Crippen LogP contribution in [0.5, 0.6) is 0 Å². The highest BCUT2D eigenvalue weighted by Crippen LogP contribution is 2.67. The smallest absolute Gasteiger partial charge is 0.257 e. The van der Waals surface area contributed by atoms with E-state index in [4.69, 9.17) is 36.8 Å². The summed E-state index contributed by atoms with van der Waals surface area (Å²) in [7, 11) is -4.33. The first-order valence-corrected chi connectivity index (χ1v) is 15.4. The lowest BCUT2D eigenvalue weighted by Gasteiger charge is -2.42. The third-order valence-corrected chi connectivity index (χ3v) is 14.5. The van der Waals surface area contributed by atoms with Gasteiger partial charge in [-0.2, -0.15) is 0 Å². The Labute approximate surface area is 222 Å². The number of rotatable bonds is 12. The summed E-state index contributed by atoms with van der Waals surface area (Å²) < 4.78 is 26.5. The number of phosphoric acid groups is 1. The van der Waals surface area contributed by atoms with Crippen LogP contribution < -0.4 is 0 Å². The minimum Gasteiger partial charge on any atom is -0.257 e. The molecule has 0 amide bonds. The van der Waals surface area contributed by atoms with Crippen LogP contribution in [-0.2, 0) is 18.1 Å². The Kier molecular flexibility index (Phi) is 12.6. The molecule has 0 aliphatic rings. The summed E-state index contributed by atoms with van der Waals surface area (Å²) in [6.07, 6.45) is 0.833. The highest BCUT2D eigenvalue weighted by molar-refractivity contribution is 9.25. The van der Waals surface area contributed by atoms with Crippen LogP contribution in [-0.4, -0.2) is 22.0 Å². The summed E-state index contributed by atoms with van der Waals surface area (Å²) >= 11 is 33.0. The lowest BCUT2D eigenvalue weighted by Crippen LogP contribution is -2.41. The summed E-state index contributed by atoms with van der Waals surface area (Å²) in [5, 5.41) is 1.03. The van der Waals surface area contributed by atoms with Gasteiger partial charge in [-0.1, -0.05) is 96.1 Å². The largest absolute Gasteiger partial charge is 0.481 e. The molecule has 0 rings (SSSR count). The molecule has 27 heavy (non-hydrogen) atoms. The van der Waals surface area contributed by atoms with Gasteiger partial charge in [0.25, 0.3) is 0 Å². The highest BCUT2D eigenvalue weighted by Gasteiger charge is 2.55. The van der Waals surface area contributed by atoms with Crippen molar-refractivity contribution in [3.05, 3.63) is 0 Å². The van der Waals surface area contributed by atoms with Gasteiger partial charge in [-0.3, -0.25) is 9.05 Å². The molecule has 0 N–H and O–H groups in total. The van der Waals surface area contributed by atoms with Crippen LogP contribution in [0.3, 0.4) is 0 Å². The van der Waals surface area contributed by atoms with Gasteiger partial charge in [0.1, 0.15) is 0 Å². The van der Waals surface area contributed by atoms with Gasteiger partial charge >= 0.3 is 7.82 Å². The Balaban J connectivity index is 6.02. The number of halogens is 8. The van der Waals surface area contributed by atoms with Crippen molar-refractivity contribution in [1.29, 1.82) is 0 Å². The zero-order valence-electron chi connectivity index (χ0n) is 15.4. The minimum atomic E-state index is -4.33. The molecule has 0 saturated carbocycles. The molecule has 0 radical (unpaired) electrons. The number of hydrogen-bond acceptors (Lipinski definition) is 4. The highest BCUT2D eigenvalue weighted by atomic mass is 79.9. The van der Waals surface area contributed by atoms with Gasteiger partial charge in [0.15, 0.2) is 6.84 Å². The SMILES string of the molecule is CCCC(Cl)(Cl)OP(=O)(OC(Br)(Br)C(C)(C)CBr)OC(Br)(Br)C(C)(C)CBr. The molecule has 0 fully saturated rings. The monoisotopic (exact) mass is 830 g/mol. The van der Waals surface area contributed by atoms with E-state index in [1.54, 1.807) is 0 Å². The average molecular weight is 837 g/mol. The number of alkyl halides is 8. The molecule has 13 heteroatoms. The summed E-state index contributed by atoms with van der Waals surface area (Å²) in [5.74, 6) is 0. The second-order valence-electron chi connectivity index (χ2n) is 7.18. The van der Waals surface area contributed by atoms with Crippen LogP contribution in [0.1, 0.15) is 47.5 Å². The lowest BCUT2D eigenvalue weighted by atomic mass is 9.98. The van der Waals surface area contributed by atoms with Gasteiger partial charge in [0.2, 0.25) is 4.52 Å². The van der Waals surface area contributed by atoms with Crippen LogP contribution in [0.15, 0.2) is 0 Å². The molecule has 0 saturated heterocycles. The van der Waals surface area contributed by atoms with E-state index < -0.39 is 30.0 Å². The Morgan fingerprint density at radius 3 is 1.41 bits per heavy atom. The molecule has 164 valence electrons. The first kappa shape index (κ1) is 30.6. The maximum absolute atomic E-state index is 13.7. The van der Waals surface area contributed by atoms with Crippen molar-refractivity contribution in [3.63, 3.8) is 0 Å². The first-order chi connectivity index (χ1) is 11.8. The van der Waals surface area contributed by atoms with Crippen molar-refractivity contribution in [2.45, 2.75) is 58.8 Å². The van der Waals surface area contributed by atoms with Crippen molar-refractivity contribution in [2.75, 3.05) is 10.7 Å². The van der Waals surface area contributed by atoms with Crippen LogP contribution in [0, 0.1) is 10.8 Å². The fourth-order valence-electron chi connectivity index (χ4n) is 1.24. The van der Waals surface area contributed by atoms with Crippen molar-refractivity contribution in [1.82, 2.24) is 0 Å². The van der Waals surface area contributed by atoms with E-state index in [9.17, 15) is 4.57 Å². The predicted molar refractivity (Wildman–Crippen MR) is 137 cm³/mol. The third kappa shape index (κ3) is 9.15. The van der Waals surface area contributed by atoms with Crippen LogP contribution in [0.25, 0.3) is 0 Å². The lowest BCUT2D eigenvalue weighted by molar-refractivity contribution is 0.0204. The quantitative estimate of drug-likeness (QED) is 0.145. The van der Waals surface area contributed by atoms with Gasteiger partial charge in [0, 0.05) is 27.9 Å². The van der Waals surface area contributed by atoms with E-state index in [2.05, 4.69) is 95.6 Å². The van der Waals surface area contributed by atoms with Crippen LogP contribution >= 0.6 is 127 Å². The maximum atomic E-state index is 13.7. The number of hydrogen-bond donors (Lipinski definition) is 0. The van der Waals surface area contributed by atoms with Gasteiger partial charge in [-0.15, -0.1) is 0 Å². The first-order valence-electron chi connectivity index (χ1n) is 7.78. The summed E-state index contributed by atoms with van der Waals surface area (Å²) in [4.78, 5) is 0. The van der Waals surface area contributed by atoms with Crippen molar-refractivity contribution >= 4 is 127 Å². The summed E-state index contributed by atoms with van der Waals surface area (Å²) in [6.45, 7) is 9.40. The number of phosphoric ester groups is 1. The molecule has 0 atom stereocenters. The molecule has 4 nitrogen and oxygen atoms in total. The third-order valence-electron chi connectivity index (χ3n) is 3.48. The molecule has 0 unspecified atom stereocenters. The van der Waals surface area contributed by atoms with E-state index in [1.165, 1.54) is 0 Å². The second-order valence-corrected chi connectivity index (χ2v) is 17.8. The summed E-state index contributed by atoms with van der Waals surface area (Å²) in [6, 6.07) is 0. The molecule has 0 aliphatic heterocycles. The predicted octanol–water partition coefficient (Wildman–Crippen LogP) is 9.81. The van der Waals surface area contributed by atoms with Gasteiger partial charge < -0.3 is 0 Å². The van der Waals surface area contributed by atoms with E-state index >= 15 is 0 Å². The Morgan fingerprint density at radius 2 is 1.15 bits per heavy atom. The maximum Gasteiger partial charge on any atom is 0.481 e. The normalized spacial score (nSPS) is 15.3. The second kappa shape index (κ2) is 11.1. The molecular formula is C14H23Br6Cl2O4P. The Bertz CT molecular complexity index is 512. The minimum absolute atomic E-state index is 0.228. The van der Waals surface area contributed by atoms with Crippen molar-refractivity contribution in [3.8, 4) is 0 Å². The zero-order valence-corrected chi connectivity index (χ0v) is 27.4. The van der Waals surface area contributed by atoms with E-state index in [0.29, 0.717) is 17.1 Å². The van der Waals surface area contributed by atoms with E-state index in [0.717, 1.165) is 0 Å². The van der Waals surface area contributed by atoms with Crippen molar-refractivity contribution < 1.29 is 18.1 Å². The van der Waals surface area contributed by atoms with E-state index in [-0.39, 0.29) is 6.42 Å². The molecule has 0 spiro atoms. The van der Waals surface area contributed by atoms with Gasteiger partial charge in [-0.05, 0) is 63.7 Å². The standard InChI is InChI=1S/C14H23Br6Cl2O4P/c1-6-7-12(21,22)24-27(23,25-13(17,18)10(2,3)8-15)26-14(19,20)11(4,5)9-16/h6-9H2,1-5H3. The average Bonchev–Trinajstić information content (AvgIpc) is 2.43. The van der Waals surface area contributed by atoms with Crippen LogP contribution in [0.2, 0.25) is 0 Å². The molecule has 0 aliphatic carbocycles. The van der Waals surface area contributed by atoms with Gasteiger partial charge in [0.05, 0.1) is 0 Å². The zero-order chi connectivity index (χ0) is 21.9.